The predicted octanol–water partition coefficient (Wildman–Crippen LogP) is 1.16. The number of nitrogens with zero attached hydrogens (tertiary/aromatic N) is 2. The molecule has 1 aliphatic carbocycles. The number of aromatic nitrogens is 2. The molecule has 0 unspecified atom stereocenters. The highest BCUT2D eigenvalue weighted by Gasteiger charge is 2.41. The highest BCUT2D eigenvalue weighted by atomic mass is 16.3. The minimum absolute atomic E-state index is 0.00406. The topological polar surface area (TPSA) is 50.1 Å². The third-order valence-electron chi connectivity index (χ3n) is 3.29. The summed E-state index contributed by atoms with van der Waals surface area (Å²) in [6, 6.07) is 0. The van der Waals surface area contributed by atoms with Gasteiger partial charge in [0.1, 0.15) is 0 Å². The molecule has 1 saturated carbocycles. The molecule has 16 heavy (non-hydrogen) atoms. The van der Waals surface area contributed by atoms with E-state index in [4.69, 9.17) is 0 Å². The van der Waals surface area contributed by atoms with Crippen molar-refractivity contribution in [3.05, 3.63) is 17.5 Å². The van der Waals surface area contributed by atoms with Crippen molar-refractivity contribution in [2.75, 3.05) is 6.61 Å². The lowest BCUT2D eigenvalue weighted by Gasteiger charge is -2.14. The Balaban J connectivity index is 2.03. The summed E-state index contributed by atoms with van der Waals surface area (Å²) >= 11 is 0. The first-order valence-corrected chi connectivity index (χ1v) is 5.95. The zero-order valence-corrected chi connectivity index (χ0v) is 10.3. The van der Waals surface area contributed by atoms with E-state index >= 15 is 0 Å². The van der Waals surface area contributed by atoms with Gasteiger partial charge in [0.05, 0.1) is 12.3 Å². The van der Waals surface area contributed by atoms with Crippen LogP contribution in [0.4, 0.5) is 0 Å². The number of hydrogen-bond donors (Lipinski definition) is 2. The lowest BCUT2D eigenvalue weighted by atomic mass is 10.1. The summed E-state index contributed by atoms with van der Waals surface area (Å²) in [5, 5.41) is 17.1. The molecule has 0 bridgehead atoms. The molecule has 4 heteroatoms. The van der Waals surface area contributed by atoms with E-state index in [0.717, 1.165) is 25.1 Å². The van der Waals surface area contributed by atoms with Gasteiger partial charge in [0.25, 0.3) is 0 Å². The molecule has 2 rings (SSSR count). The fourth-order valence-corrected chi connectivity index (χ4v) is 2.00. The van der Waals surface area contributed by atoms with Crippen molar-refractivity contribution in [3.8, 4) is 0 Å². The first-order chi connectivity index (χ1) is 7.56. The van der Waals surface area contributed by atoms with Crippen LogP contribution in [0.15, 0.2) is 6.20 Å². The smallest absolute Gasteiger partial charge is 0.0694 e. The Morgan fingerprint density at radius 3 is 2.75 bits per heavy atom. The van der Waals surface area contributed by atoms with Gasteiger partial charge in [0.2, 0.25) is 0 Å². The van der Waals surface area contributed by atoms with Gasteiger partial charge in [-0.25, -0.2) is 0 Å². The van der Waals surface area contributed by atoms with Crippen molar-refractivity contribution in [2.24, 2.45) is 7.05 Å². The third kappa shape index (κ3) is 2.28. The summed E-state index contributed by atoms with van der Waals surface area (Å²) in [6.45, 7) is 5.36. The van der Waals surface area contributed by atoms with E-state index < -0.39 is 0 Å². The van der Waals surface area contributed by atoms with Crippen LogP contribution in [0, 0.1) is 0 Å². The molecule has 0 amide bonds. The van der Waals surface area contributed by atoms with Crippen LogP contribution in [0.2, 0.25) is 0 Å². The molecule has 0 radical (unpaired) electrons. The Labute approximate surface area is 96.7 Å². The Hall–Kier alpha value is -0.870. The Morgan fingerprint density at radius 2 is 2.25 bits per heavy atom. The van der Waals surface area contributed by atoms with Gasteiger partial charge in [-0.15, -0.1) is 0 Å². The second-order valence-electron chi connectivity index (χ2n) is 5.16. The summed E-state index contributed by atoms with van der Waals surface area (Å²) in [5.74, 6) is 0.447. The second-order valence-corrected chi connectivity index (χ2v) is 5.16. The van der Waals surface area contributed by atoms with Crippen LogP contribution in [0.5, 0.6) is 0 Å². The molecule has 1 aliphatic rings. The number of aliphatic hydroxyl groups excluding tert-OH is 1. The summed E-state index contributed by atoms with van der Waals surface area (Å²) in [5.41, 5.74) is 2.41. The Morgan fingerprint density at radius 1 is 1.56 bits per heavy atom. The number of aliphatic hydroxyl groups is 1. The summed E-state index contributed by atoms with van der Waals surface area (Å²) in [7, 11) is 1.95. The zero-order valence-electron chi connectivity index (χ0n) is 10.3. The van der Waals surface area contributed by atoms with Gasteiger partial charge in [-0.3, -0.25) is 4.68 Å². The van der Waals surface area contributed by atoms with Gasteiger partial charge in [-0.05, 0) is 18.8 Å². The Bertz CT molecular complexity index is 366. The molecule has 0 saturated heterocycles. The van der Waals surface area contributed by atoms with Crippen LogP contribution in [0.3, 0.4) is 0 Å². The lowest BCUT2D eigenvalue weighted by Crippen LogP contribution is -2.34. The molecule has 0 aliphatic heterocycles. The van der Waals surface area contributed by atoms with Gasteiger partial charge in [-0.1, -0.05) is 13.8 Å². The number of nitrogens with one attached hydrogen (secondary N) is 1. The summed E-state index contributed by atoms with van der Waals surface area (Å²) < 4.78 is 1.87. The normalized spacial score (nSPS) is 18.1. The molecular weight excluding hydrogens is 202 g/mol. The van der Waals surface area contributed by atoms with Crippen LogP contribution < -0.4 is 5.32 Å². The average Bonchev–Trinajstić information content (AvgIpc) is 2.93. The first-order valence-electron chi connectivity index (χ1n) is 5.95. The van der Waals surface area contributed by atoms with Gasteiger partial charge < -0.3 is 10.4 Å². The summed E-state index contributed by atoms with van der Waals surface area (Å²) in [6.07, 6.45) is 4.23. The van der Waals surface area contributed by atoms with E-state index in [1.54, 1.807) is 0 Å². The molecule has 0 aromatic carbocycles. The maximum atomic E-state index is 9.23. The lowest BCUT2D eigenvalue weighted by molar-refractivity contribution is 0.229. The second kappa shape index (κ2) is 4.18. The average molecular weight is 223 g/mol. The molecule has 0 atom stereocenters. The predicted molar refractivity (Wildman–Crippen MR) is 63.2 cm³/mol. The molecule has 1 fully saturated rings. The van der Waals surface area contributed by atoms with E-state index in [1.165, 1.54) is 5.56 Å². The van der Waals surface area contributed by atoms with E-state index in [9.17, 15) is 5.11 Å². The zero-order chi connectivity index (χ0) is 11.8. The number of hydrogen-bond acceptors (Lipinski definition) is 3. The first kappa shape index (κ1) is 11.6. The molecular formula is C12H21N3O. The van der Waals surface area contributed by atoms with Gasteiger partial charge in [0.15, 0.2) is 0 Å². The van der Waals surface area contributed by atoms with Gasteiger partial charge in [0, 0.05) is 30.9 Å². The van der Waals surface area contributed by atoms with Crippen LogP contribution in [0.25, 0.3) is 0 Å². The van der Waals surface area contributed by atoms with Crippen molar-refractivity contribution in [3.63, 3.8) is 0 Å². The minimum Gasteiger partial charge on any atom is -0.394 e. The fourth-order valence-electron chi connectivity index (χ4n) is 2.00. The molecule has 2 N–H and O–H groups in total. The maximum absolute atomic E-state index is 9.23. The molecule has 1 aromatic rings. The van der Waals surface area contributed by atoms with Crippen molar-refractivity contribution in [2.45, 2.75) is 44.7 Å². The van der Waals surface area contributed by atoms with Gasteiger partial charge in [-0.2, -0.15) is 5.10 Å². The van der Waals surface area contributed by atoms with E-state index in [2.05, 4.69) is 30.5 Å². The highest BCUT2D eigenvalue weighted by Crippen LogP contribution is 2.35. The van der Waals surface area contributed by atoms with Crippen LogP contribution in [-0.2, 0) is 13.6 Å². The van der Waals surface area contributed by atoms with E-state index in [-0.39, 0.29) is 12.1 Å². The van der Waals surface area contributed by atoms with Crippen molar-refractivity contribution in [1.82, 2.24) is 15.1 Å². The molecule has 1 aromatic heterocycles. The molecule has 1 heterocycles. The Kier molecular flexibility index (Phi) is 3.04. The molecule has 4 nitrogen and oxygen atoms in total. The largest absolute Gasteiger partial charge is 0.394 e. The fraction of sp³-hybridized carbons (Fsp3) is 0.750. The molecule has 90 valence electrons. The van der Waals surface area contributed by atoms with Crippen molar-refractivity contribution in [1.29, 1.82) is 0 Å². The summed E-state index contributed by atoms with van der Waals surface area (Å²) in [4.78, 5) is 0. The van der Waals surface area contributed by atoms with Crippen LogP contribution in [0.1, 0.15) is 43.9 Å². The van der Waals surface area contributed by atoms with Gasteiger partial charge >= 0.3 is 0 Å². The van der Waals surface area contributed by atoms with E-state index in [0.29, 0.717) is 5.92 Å². The standard InChI is InChI=1S/C12H21N3O/c1-9(2)11-10(7-15(3)14-11)6-13-12(8-16)4-5-12/h7,9,13,16H,4-6,8H2,1-3H3. The SMILES string of the molecule is CC(C)c1nn(C)cc1CNC1(CO)CC1. The third-order valence-corrected chi connectivity index (χ3v) is 3.29. The van der Waals surface area contributed by atoms with E-state index in [1.807, 2.05) is 11.7 Å². The minimum atomic E-state index is 0.00406. The van der Waals surface area contributed by atoms with Crippen molar-refractivity contribution >= 4 is 0 Å². The monoisotopic (exact) mass is 223 g/mol. The molecule has 0 spiro atoms. The highest BCUT2D eigenvalue weighted by molar-refractivity contribution is 5.21. The maximum Gasteiger partial charge on any atom is 0.0694 e. The quantitative estimate of drug-likeness (QED) is 0.787. The van der Waals surface area contributed by atoms with Crippen molar-refractivity contribution < 1.29 is 5.11 Å². The number of aryl methyl sites for hydroxylation is 1. The van der Waals surface area contributed by atoms with Crippen LogP contribution in [-0.4, -0.2) is 27.0 Å². The van der Waals surface area contributed by atoms with Crippen LogP contribution >= 0.6 is 0 Å². The number of rotatable bonds is 5.